The van der Waals surface area contributed by atoms with Crippen LogP contribution in [0.25, 0.3) is 0 Å². The largest absolute Gasteiger partial charge is 0.396 e. The molecular formula is C13H16FN3O4. The lowest BCUT2D eigenvalue weighted by Crippen LogP contribution is -2.41. The Morgan fingerprint density at radius 1 is 1.57 bits per heavy atom. The van der Waals surface area contributed by atoms with Crippen molar-refractivity contribution in [2.75, 3.05) is 19.4 Å². The molecule has 2 rings (SSSR count). The molecule has 8 heteroatoms. The van der Waals surface area contributed by atoms with E-state index in [1.54, 1.807) is 7.05 Å². The van der Waals surface area contributed by atoms with E-state index in [9.17, 15) is 19.3 Å². The Morgan fingerprint density at radius 3 is 2.76 bits per heavy atom. The van der Waals surface area contributed by atoms with Gasteiger partial charge in [-0.15, -0.1) is 0 Å². The van der Waals surface area contributed by atoms with Gasteiger partial charge in [0, 0.05) is 13.7 Å². The number of rotatable bonds is 3. The minimum Gasteiger partial charge on any atom is -0.396 e. The monoisotopic (exact) mass is 297 g/mol. The molecule has 0 aliphatic carbocycles. The minimum absolute atomic E-state index is 0.157. The highest BCUT2D eigenvalue weighted by Crippen LogP contribution is 2.27. The molecular weight excluding hydrogens is 281 g/mol. The first-order valence-corrected chi connectivity index (χ1v) is 6.45. The van der Waals surface area contributed by atoms with E-state index in [4.69, 9.17) is 10.5 Å². The van der Waals surface area contributed by atoms with Crippen molar-refractivity contribution in [3.05, 3.63) is 33.6 Å². The van der Waals surface area contributed by atoms with Crippen LogP contribution < -0.4 is 5.73 Å². The summed E-state index contributed by atoms with van der Waals surface area (Å²) in [5.41, 5.74) is 4.30. The number of hydrogen-bond acceptors (Lipinski definition) is 5. The highest BCUT2D eigenvalue weighted by atomic mass is 19.1. The standard InChI is InChI=1S/C13H16FN3O4/c1-7-11(3-4-21-7)16(2)13(18)8-5-10(15)9(14)6-12(8)17(19)20/h5-7,11H,3-4,15H2,1-2H3. The van der Waals surface area contributed by atoms with Crippen LogP contribution >= 0.6 is 0 Å². The molecule has 1 aromatic carbocycles. The van der Waals surface area contributed by atoms with Gasteiger partial charge in [-0.2, -0.15) is 0 Å². The van der Waals surface area contributed by atoms with Crippen molar-refractivity contribution in [3.8, 4) is 0 Å². The molecule has 2 atom stereocenters. The van der Waals surface area contributed by atoms with Crippen LogP contribution in [0.1, 0.15) is 23.7 Å². The molecule has 1 heterocycles. The number of benzene rings is 1. The van der Waals surface area contributed by atoms with Gasteiger partial charge in [-0.1, -0.05) is 0 Å². The number of nitro groups is 1. The lowest BCUT2D eigenvalue weighted by Gasteiger charge is -2.26. The first kappa shape index (κ1) is 15.2. The Hall–Kier alpha value is -2.22. The van der Waals surface area contributed by atoms with E-state index in [1.807, 2.05) is 6.92 Å². The Kier molecular flexibility index (Phi) is 4.08. The van der Waals surface area contributed by atoms with Gasteiger partial charge >= 0.3 is 0 Å². The molecule has 0 bridgehead atoms. The zero-order valence-corrected chi connectivity index (χ0v) is 11.7. The van der Waals surface area contributed by atoms with E-state index in [1.165, 1.54) is 4.90 Å². The maximum atomic E-state index is 13.4. The fourth-order valence-electron chi connectivity index (χ4n) is 2.47. The minimum atomic E-state index is -0.918. The van der Waals surface area contributed by atoms with E-state index < -0.39 is 22.3 Å². The molecule has 1 aliphatic heterocycles. The summed E-state index contributed by atoms with van der Waals surface area (Å²) in [6, 6.07) is 1.50. The number of carbonyl (C=O) groups excluding carboxylic acids is 1. The van der Waals surface area contributed by atoms with Gasteiger partial charge in [0.25, 0.3) is 11.6 Å². The van der Waals surface area contributed by atoms with Gasteiger partial charge < -0.3 is 15.4 Å². The van der Waals surface area contributed by atoms with Crippen molar-refractivity contribution in [2.24, 2.45) is 0 Å². The number of carbonyl (C=O) groups is 1. The van der Waals surface area contributed by atoms with Crippen LogP contribution in [0, 0.1) is 15.9 Å². The van der Waals surface area contributed by atoms with Gasteiger partial charge in [0.2, 0.25) is 0 Å². The smallest absolute Gasteiger partial charge is 0.285 e. The number of nitrogens with zero attached hydrogens (tertiary/aromatic N) is 2. The fraction of sp³-hybridized carbons (Fsp3) is 0.462. The number of nitrogen functional groups attached to an aromatic ring is 1. The number of amides is 1. The summed E-state index contributed by atoms with van der Waals surface area (Å²) in [7, 11) is 1.54. The molecule has 1 aliphatic rings. The second-order valence-electron chi connectivity index (χ2n) is 5.00. The number of anilines is 1. The van der Waals surface area contributed by atoms with Gasteiger partial charge in [0.05, 0.1) is 28.8 Å². The summed E-state index contributed by atoms with van der Waals surface area (Å²) < 4.78 is 18.8. The molecule has 1 saturated heterocycles. The number of nitro benzene ring substituents is 1. The predicted octanol–water partition coefficient (Wildman–Crippen LogP) is 1.57. The number of hydrogen-bond donors (Lipinski definition) is 1. The van der Waals surface area contributed by atoms with Crippen molar-refractivity contribution in [3.63, 3.8) is 0 Å². The summed E-state index contributed by atoms with van der Waals surface area (Å²) >= 11 is 0. The van der Waals surface area contributed by atoms with Crippen LogP contribution in [0.3, 0.4) is 0 Å². The Morgan fingerprint density at radius 2 is 2.24 bits per heavy atom. The van der Waals surface area contributed by atoms with Gasteiger partial charge in [-0.3, -0.25) is 14.9 Å². The van der Waals surface area contributed by atoms with Crippen LogP contribution in [0.4, 0.5) is 15.8 Å². The van der Waals surface area contributed by atoms with Crippen molar-refractivity contribution < 1.29 is 18.8 Å². The number of nitrogens with two attached hydrogens (primary N) is 1. The highest BCUT2D eigenvalue weighted by molar-refractivity contribution is 5.99. The van der Waals surface area contributed by atoms with E-state index >= 15 is 0 Å². The Bertz CT molecular complexity index is 593. The Balaban J connectivity index is 2.38. The SMILES string of the molecule is CC1OCCC1N(C)C(=O)c1cc(N)c(F)cc1[N+](=O)[O-]. The molecule has 0 radical (unpaired) electrons. The van der Waals surface area contributed by atoms with E-state index in [0.717, 1.165) is 6.07 Å². The fourth-order valence-corrected chi connectivity index (χ4v) is 2.47. The molecule has 21 heavy (non-hydrogen) atoms. The zero-order valence-electron chi connectivity index (χ0n) is 11.7. The molecule has 2 unspecified atom stereocenters. The normalized spacial score (nSPS) is 21.3. The third kappa shape index (κ3) is 2.80. The van der Waals surface area contributed by atoms with Gasteiger partial charge in [-0.05, 0) is 19.4 Å². The average molecular weight is 297 g/mol. The molecule has 7 nitrogen and oxygen atoms in total. The number of ether oxygens (including phenoxy) is 1. The second-order valence-corrected chi connectivity index (χ2v) is 5.00. The summed E-state index contributed by atoms with van der Waals surface area (Å²) in [5, 5.41) is 11.0. The van der Waals surface area contributed by atoms with Crippen molar-refractivity contribution >= 4 is 17.3 Å². The van der Waals surface area contributed by atoms with Crippen molar-refractivity contribution in [1.29, 1.82) is 0 Å². The molecule has 0 saturated carbocycles. The van der Waals surface area contributed by atoms with E-state index in [2.05, 4.69) is 0 Å². The van der Waals surface area contributed by atoms with Crippen LogP contribution in [-0.2, 0) is 4.74 Å². The van der Waals surface area contributed by atoms with Crippen molar-refractivity contribution in [2.45, 2.75) is 25.5 Å². The molecule has 1 aromatic rings. The summed E-state index contributed by atoms with van der Waals surface area (Å²) in [4.78, 5) is 24.0. The van der Waals surface area contributed by atoms with Crippen molar-refractivity contribution in [1.82, 2.24) is 4.90 Å². The van der Waals surface area contributed by atoms with Crippen LogP contribution in [0.15, 0.2) is 12.1 Å². The summed E-state index contributed by atoms with van der Waals surface area (Å²) in [5.74, 6) is -1.49. The molecule has 0 spiro atoms. The predicted molar refractivity (Wildman–Crippen MR) is 73.4 cm³/mol. The highest BCUT2D eigenvalue weighted by Gasteiger charge is 2.34. The summed E-state index contributed by atoms with van der Waals surface area (Å²) in [6.45, 7) is 2.35. The molecule has 1 amide bonds. The zero-order chi connectivity index (χ0) is 15.7. The third-order valence-corrected chi connectivity index (χ3v) is 3.70. The third-order valence-electron chi connectivity index (χ3n) is 3.70. The Labute approximate surface area is 120 Å². The topological polar surface area (TPSA) is 98.7 Å². The lowest BCUT2D eigenvalue weighted by atomic mass is 10.1. The number of likely N-dealkylation sites (N-methyl/N-ethyl adjacent to an activating group) is 1. The molecule has 0 aromatic heterocycles. The second kappa shape index (κ2) is 5.65. The first-order valence-electron chi connectivity index (χ1n) is 6.45. The first-order chi connectivity index (χ1) is 9.82. The maximum absolute atomic E-state index is 13.4. The summed E-state index contributed by atoms with van der Waals surface area (Å²) in [6.07, 6.45) is 0.490. The number of halogens is 1. The molecule has 114 valence electrons. The maximum Gasteiger partial charge on any atom is 0.285 e. The van der Waals surface area contributed by atoms with Crippen LogP contribution in [-0.4, -0.2) is 41.5 Å². The average Bonchev–Trinajstić information content (AvgIpc) is 2.85. The van der Waals surface area contributed by atoms with Gasteiger partial charge in [-0.25, -0.2) is 4.39 Å². The van der Waals surface area contributed by atoms with E-state index in [-0.39, 0.29) is 23.4 Å². The quantitative estimate of drug-likeness (QED) is 0.518. The lowest BCUT2D eigenvalue weighted by molar-refractivity contribution is -0.385. The van der Waals surface area contributed by atoms with Gasteiger partial charge in [0.15, 0.2) is 5.82 Å². The van der Waals surface area contributed by atoms with Crippen LogP contribution in [0.2, 0.25) is 0 Å². The molecule has 1 fully saturated rings. The van der Waals surface area contributed by atoms with E-state index in [0.29, 0.717) is 19.1 Å². The molecule has 2 N–H and O–H groups in total. The van der Waals surface area contributed by atoms with Crippen LogP contribution in [0.5, 0.6) is 0 Å². The van der Waals surface area contributed by atoms with Gasteiger partial charge in [0.1, 0.15) is 5.56 Å².